The molecule has 4 rings (SSSR count). The Labute approximate surface area is 184 Å². The van der Waals surface area contributed by atoms with Gasteiger partial charge in [0.2, 0.25) is 15.9 Å². The SMILES string of the molecule is O=C(CSc1nc2ccc(Cl)cc2[nH]1)Nc1cccc(S(=O)(=O)N2CCCCC2)c1. The zero-order valence-electron chi connectivity index (χ0n) is 16.1. The highest BCUT2D eigenvalue weighted by Crippen LogP contribution is 2.24. The number of thioether (sulfide) groups is 1. The number of hydrogen-bond acceptors (Lipinski definition) is 5. The van der Waals surface area contributed by atoms with Crippen molar-refractivity contribution in [3.63, 3.8) is 0 Å². The third kappa shape index (κ3) is 4.80. The predicted octanol–water partition coefficient (Wildman–Crippen LogP) is 4.12. The van der Waals surface area contributed by atoms with E-state index in [1.165, 1.54) is 22.1 Å². The van der Waals surface area contributed by atoms with Crippen LogP contribution in [0.5, 0.6) is 0 Å². The zero-order chi connectivity index (χ0) is 21.1. The first-order chi connectivity index (χ1) is 14.4. The largest absolute Gasteiger partial charge is 0.333 e. The molecule has 0 radical (unpaired) electrons. The second-order valence-corrected chi connectivity index (χ2v) is 10.4. The minimum absolute atomic E-state index is 0.136. The Balaban J connectivity index is 1.40. The van der Waals surface area contributed by atoms with Crippen molar-refractivity contribution in [1.29, 1.82) is 0 Å². The molecule has 7 nitrogen and oxygen atoms in total. The highest BCUT2D eigenvalue weighted by molar-refractivity contribution is 7.99. The van der Waals surface area contributed by atoms with Gasteiger partial charge in [-0.1, -0.05) is 35.9 Å². The number of rotatable bonds is 6. The number of halogens is 1. The lowest BCUT2D eigenvalue weighted by molar-refractivity contribution is -0.113. The molecule has 1 aliphatic heterocycles. The van der Waals surface area contributed by atoms with Crippen LogP contribution < -0.4 is 5.32 Å². The first-order valence-electron chi connectivity index (χ1n) is 9.60. The second kappa shape index (κ2) is 8.97. The van der Waals surface area contributed by atoms with E-state index < -0.39 is 10.0 Å². The van der Waals surface area contributed by atoms with Gasteiger partial charge in [-0.05, 0) is 49.2 Å². The summed E-state index contributed by atoms with van der Waals surface area (Å²) in [6, 6.07) is 11.7. The molecule has 1 amide bonds. The van der Waals surface area contributed by atoms with E-state index in [9.17, 15) is 13.2 Å². The van der Waals surface area contributed by atoms with Crippen molar-refractivity contribution >= 4 is 56.0 Å². The molecule has 2 aromatic carbocycles. The fourth-order valence-corrected chi connectivity index (χ4v) is 5.77. The lowest BCUT2D eigenvalue weighted by Crippen LogP contribution is -2.35. The number of hydrogen-bond donors (Lipinski definition) is 2. The van der Waals surface area contributed by atoms with Gasteiger partial charge in [-0.3, -0.25) is 4.79 Å². The van der Waals surface area contributed by atoms with E-state index in [4.69, 9.17) is 11.6 Å². The molecule has 2 heterocycles. The van der Waals surface area contributed by atoms with Crippen molar-refractivity contribution in [2.45, 2.75) is 29.3 Å². The van der Waals surface area contributed by atoms with Crippen LogP contribution in [-0.2, 0) is 14.8 Å². The lowest BCUT2D eigenvalue weighted by Gasteiger charge is -2.26. The molecule has 2 N–H and O–H groups in total. The smallest absolute Gasteiger partial charge is 0.243 e. The summed E-state index contributed by atoms with van der Waals surface area (Å²) in [5.41, 5.74) is 2.04. The number of anilines is 1. The number of aromatic amines is 1. The molecule has 158 valence electrons. The number of aromatic nitrogens is 2. The predicted molar refractivity (Wildman–Crippen MR) is 120 cm³/mol. The number of H-pyrrole nitrogens is 1. The van der Waals surface area contributed by atoms with E-state index in [1.807, 2.05) is 6.07 Å². The summed E-state index contributed by atoms with van der Waals surface area (Å²) < 4.78 is 27.2. The monoisotopic (exact) mass is 464 g/mol. The molecule has 0 unspecified atom stereocenters. The maximum absolute atomic E-state index is 12.8. The van der Waals surface area contributed by atoms with Gasteiger partial charge in [-0.25, -0.2) is 13.4 Å². The molecular weight excluding hydrogens is 444 g/mol. The molecule has 0 bridgehead atoms. The maximum Gasteiger partial charge on any atom is 0.243 e. The Kier molecular flexibility index (Phi) is 6.33. The zero-order valence-corrected chi connectivity index (χ0v) is 18.5. The molecule has 1 aliphatic rings. The van der Waals surface area contributed by atoms with Crippen LogP contribution >= 0.6 is 23.4 Å². The normalized spacial score (nSPS) is 15.4. The number of imidazole rings is 1. The van der Waals surface area contributed by atoms with Crippen molar-refractivity contribution in [2.75, 3.05) is 24.2 Å². The number of fused-ring (bicyclic) bond motifs is 1. The average molecular weight is 465 g/mol. The van der Waals surface area contributed by atoms with Crippen LogP contribution in [0.2, 0.25) is 5.02 Å². The highest BCUT2D eigenvalue weighted by atomic mass is 35.5. The summed E-state index contributed by atoms with van der Waals surface area (Å²) in [6.45, 7) is 1.08. The molecule has 3 aromatic rings. The number of nitrogens with one attached hydrogen (secondary N) is 2. The summed E-state index contributed by atoms with van der Waals surface area (Å²) >= 11 is 7.24. The Hall–Kier alpha value is -2.07. The van der Waals surface area contributed by atoms with E-state index in [2.05, 4.69) is 15.3 Å². The van der Waals surface area contributed by atoms with Crippen molar-refractivity contribution in [3.05, 3.63) is 47.5 Å². The Morgan fingerprint density at radius 3 is 2.77 bits per heavy atom. The third-order valence-electron chi connectivity index (χ3n) is 4.83. The Bertz CT molecular complexity index is 1170. The molecule has 0 aliphatic carbocycles. The highest BCUT2D eigenvalue weighted by Gasteiger charge is 2.26. The average Bonchev–Trinajstić information content (AvgIpc) is 3.15. The number of sulfonamides is 1. The molecule has 0 saturated carbocycles. The van der Waals surface area contributed by atoms with Crippen LogP contribution in [0.3, 0.4) is 0 Å². The maximum atomic E-state index is 12.8. The van der Waals surface area contributed by atoms with E-state index in [0.29, 0.717) is 29.0 Å². The number of nitrogens with zero attached hydrogens (tertiary/aromatic N) is 2. The summed E-state index contributed by atoms with van der Waals surface area (Å²) in [6.07, 6.45) is 2.81. The second-order valence-electron chi connectivity index (χ2n) is 7.03. The first kappa shape index (κ1) is 21.2. The fraction of sp³-hybridized carbons (Fsp3) is 0.300. The Morgan fingerprint density at radius 1 is 1.17 bits per heavy atom. The quantitative estimate of drug-likeness (QED) is 0.535. The molecule has 30 heavy (non-hydrogen) atoms. The number of amides is 1. The van der Waals surface area contributed by atoms with E-state index in [1.54, 1.807) is 30.3 Å². The summed E-state index contributed by atoms with van der Waals surface area (Å²) in [4.78, 5) is 20.1. The van der Waals surface area contributed by atoms with Crippen LogP contribution in [0.25, 0.3) is 11.0 Å². The van der Waals surface area contributed by atoms with Gasteiger partial charge in [-0.15, -0.1) is 0 Å². The number of carbonyl (C=O) groups excluding carboxylic acids is 1. The van der Waals surface area contributed by atoms with Gasteiger partial charge < -0.3 is 10.3 Å². The topological polar surface area (TPSA) is 95.2 Å². The van der Waals surface area contributed by atoms with Crippen molar-refractivity contribution < 1.29 is 13.2 Å². The van der Waals surface area contributed by atoms with Gasteiger partial charge in [-0.2, -0.15) is 4.31 Å². The van der Waals surface area contributed by atoms with Crippen LogP contribution in [-0.4, -0.2) is 47.4 Å². The van der Waals surface area contributed by atoms with Gasteiger partial charge in [0.15, 0.2) is 5.16 Å². The molecule has 1 aromatic heterocycles. The van der Waals surface area contributed by atoms with Crippen LogP contribution in [0.1, 0.15) is 19.3 Å². The lowest BCUT2D eigenvalue weighted by atomic mass is 10.2. The minimum atomic E-state index is -3.54. The standard InChI is InChI=1S/C20H21ClN4O3S2/c21-14-7-8-17-18(11-14)24-20(23-17)29-13-19(26)22-15-5-4-6-16(12-15)30(27,28)25-9-2-1-3-10-25/h4-8,11-12H,1-3,9-10,13H2,(H,22,26)(H,23,24). The van der Waals surface area contributed by atoms with Gasteiger partial charge in [0.25, 0.3) is 0 Å². The molecule has 10 heteroatoms. The first-order valence-corrected chi connectivity index (χ1v) is 12.4. The van der Waals surface area contributed by atoms with Crippen LogP contribution in [0.4, 0.5) is 5.69 Å². The molecule has 0 spiro atoms. The molecular formula is C20H21ClN4O3S2. The van der Waals surface area contributed by atoms with Crippen LogP contribution in [0, 0.1) is 0 Å². The van der Waals surface area contributed by atoms with Gasteiger partial charge in [0.1, 0.15) is 0 Å². The fourth-order valence-electron chi connectivity index (χ4n) is 3.35. The van der Waals surface area contributed by atoms with Crippen molar-refractivity contribution in [1.82, 2.24) is 14.3 Å². The third-order valence-corrected chi connectivity index (χ3v) is 7.84. The molecule has 1 saturated heterocycles. The van der Waals surface area contributed by atoms with E-state index in [-0.39, 0.29) is 16.6 Å². The number of piperidine rings is 1. The van der Waals surface area contributed by atoms with E-state index >= 15 is 0 Å². The van der Waals surface area contributed by atoms with Gasteiger partial charge >= 0.3 is 0 Å². The summed E-state index contributed by atoms with van der Waals surface area (Å²) in [7, 11) is -3.54. The molecule has 0 atom stereocenters. The summed E-state index contributed by atoms with van der Waals surface area (Å²) in [5, 5.41) is 3.99. The van der Waals surface area contributed by atoms with Gasteiger partial charge in [0.05, 0.1) is 21.7 Å². The number of carbonyl (C=O) groups is 1. The van der Waals surface area contributed by atoms with Crippen molar-refractivity contribution in [3.8, 4) is 0 Å². The van der Waals surface area contributed by atoms with E-state index in [0.717, 1.165) is 30.3 Å². The Morgan fingerprint density at radius 2 is 1.97 bits per heavy atom. The van der Waals surface area contributed by atoms with Crippen LogP contribution in [0.15, 0.2) is 52.5 Å². The number of benzene rings is 2. The molecule has 1 fully saturated rings. The van der Waals surface area contributed by atoms with Gasteiger partial charge in [0, 0.05) is 23.8 Å². The van der Waals surface area contributed by atoms with Crippen molar-refractivity contribution in [2.24, 2.45) is 0 Å². The minimum Gasteiger partial charge on any atom is -0.333 e. The summed E-state index contributed by atoms with van der Waals surface area (Å²) in [5.74, 6) is -0.109.